The van der Waals surface area contributed by atoms with Gasteiger partial charge in [-0.05, 0) is 47.9 Å². The van der Waals surface area contributed by atoms with Crippen molar-refractivity contribution in [3.63, 3.8) is 0 Å². The van der Waals surface area contributed by atoms with Crippen molar-refractivity contribution in [2.24, 2.45) is 5.92 Å². The fourth-order valence-electron chi connectivity index (χ4n) is 5.86. The summed E-state index contributed by atoms with van der Waals surface area (Å²) in [5.41, 5.74) is 4.56. The molecule has 5 rings (SSSR count). The minimum Gasteiger partial charge on any atom is -0.361 e. The number of carbonyl (C=O) groups excluding carboxylic acids is 2. The molecular formula is C34H40N4O2. The number of nitrogens with one attached hydrogen (secondary N) is 3. The summed E-state index contributed by atoms with van der Waals surface area (Å²) in [7, 11) is 0. The predicted octanol–water partition coefficient (Wildman–Crippen LogP) is 5.07. The van der Waals surface area contributed by atoms with Gasteiger partial charge in [0.2, 0.25) is 11.8 Å². The minimum absolute atomic E-state index is 0.0648. The van der Waals surface area contributed by atoms with Crippen LogP contribution in [-0.4, -0.2) is 53.9 Å². The standard InChI is InChI=1S/C34H40N4O2/c1-25-23-38(21-19-31(25)37-33(39)17-16-26-10-4-2-5-11-26)24-30(27-12-6-3-7-13-27)34(40)35-20-18-28-22-36-32-15-9-8-14-29(28)32/h2-15,22,25,30-31,36H,16-21,23-24H2,1H3,(H,35,40)(H,37,39)/t25-,30?,31+/m1/s1. The zero-order valence-electron chi connectivity index (χ0n) is 23.3. The number of benzene rings is 3. The molecule has 208 valence electrons. The van der Waals surface area contributed by atoms with Gasteiger partial charge in [-0.25, -0.2) is 0 Å². The van der Waals surface area contributed by atoms with Crippen molar-refractivity contribution in [2.75, 3.05) is 26.2 Å². The van der Waals surface area contributed by atoms with Gasteiger partial charge in [0.1, 0.15) is 0 Å². The van der Waals surface area contributed by atoms with Crippen molar-refractivity contribution < 1.29 is 9.59 Å². The van der Waals surface area contributed by atoms with Gasteiger partial charge in [0.05, 0.1) is 5.92 Å². The van der Waals surface area contributed by atoms with Gasteiger partial charge < -0.3 is 20.5 Å². The zero-order valence-corrected chi connectivity index (χ0v) is 23.3. The van der Waals surface area contributed by atoms with Crippen molar-refractivity contribution in [1.82, 2.24) is 20.5 Å². The number of hydrogen-bond acceptors (Lipinski definition) is 3. The van der Waals surface area contributed by atoms with Crippen molar-refractivity contribution in [2.45, 2.75) is 44.6 Å². The van der Waals surface area contributed by atoms with Crippen LogP contribution in [-0.2, 0) is 22.4 Å². The lowest BCUT2D eigenvalue weighted by atomic mass is 9.91. The quantitative estimate of drug-likeness (QED) is 0.251. The summed E-state index contributed by atoms with van der Waals surface area (Å²) in [6.07, 6.45) is 4.98. The molecule has 0 spiro atoms. The summed E-state index contributed by atoms with van der Waals surface area (Å²) >= 11 is 0. The van der Waals surface area contributed by atoms with Crippen LogP contribution in [0, 0.1) is 5.92 Å². The Morgan fingerprint density at radius 2 is 1.68 bits per heavy atom. The number of amides is 2. The number of aromatic nitrogens is 1. The number of fused-ring (bicyclic) bond motifs is 1. The molecule has 6 heteroatoms. The third-order valence-corrected chi connectivity index (χ3v) is 8.15. The van der Waals surface area contributed by atoms with E-state index < -0.39 is 0 Å². The Hall–Kier alpha value is -3.90. The van der Waals surface area contributed by atoms with Crippen LogP contribution in [0.4, 0.5) is 0 Å². The van der Waals surface area contributed by atoms with Crippen molar-refractivity contribution >= 4 is 22.7 Å². The average molecular weight is 537 g/mol. The molecule has 2 amide bonds. The molecule has 1 aliphatic rings. The number of hydrogen-bond donors (Lipinski definition) is 3. The van der Waals surface area contributed by atoms with E-state index in [2.05, 4.69) is 51.7 Å². The van der Waals surface area contributed by atoms with E-state index >= 15 is 0 Å². The summed E-state index contributed by atoms with van der Waals surface area (Å²) in [5.74, 6) is 0.255. The normalized spacial score (nSPS) is 18.3. The van der Waals surface area contributed by atoms with E-state index in [9.17, 15) is 9.59 Å². The van der Waals surface area contributed by atoms with E-state index in [0.717, 1.165) is 43.4 Å². The Bertz CT molecular complexity index is 1380. The summed E-state index contributed by atoms with van der Waals surface area (Å²) in [6.45, 7) is 5.18. The highest BCUT2D eigenvalue weighted by atomic mass is 16.2. The van der Waals surface area contributed by atoms with E-state index in [-0.39, 0.29) is 23.8 Å². The summed E-state index contributed by atoms with van der Waals surface area (Å²) in [5, 5.41) is 7.69. The third kappa shape index (κ3) is 7.19. The Morgan fingerprint density at radius 3 is 2.45 bits per heavy atom. The summed E-state index contributed by atoms with van der Waals surface area (Å²) < 4.78 is 0. The van der Waals surface area contributed by atoms with Crippen LogP contribution in [0.3, 0.4) is 0 Å². The van der Waals surface area contributed by atoms with Crippen LogP contribution in [0.5, 0.6) is 0 Å². The van der Waals surface area contributed by atoms with E-state index in [0.29, 0.717) is 25.4 Å². The zero-order chi connectivity index (χ0) is 27.7. The molecular weight excluding hydrogens is 496 g/mol. The highest BCUT2D eigenvalue weighted by molar-refractivity contribution is 5.85. The maximum atomic E-state index is 13.5. The average Bonchev–Trinajstić information content (AvgIpc) is 3.40. The topological polar surface area (TPSA) is 77.2 Å². The lowest BCUT2D eigenvalue weighted by molar-refractivity contribution is -0.123. The highest BCUT2D eigenvalue weighted by Crippen LogP contribution is 2.23. The van der Waals surface area contributed by atoms with Gasteiger partial charge in [-0.1, -0.05) is 85.8 Å². The molecule has 4 aromatic rings. The van der Waals surface area contributed by atoms with Gasteiger partial charge in [-0.3, -0.25) is 9.59 Å². The Kier molecular flexibility index (Phi) is 9.30. The molecule has 1 fully saturated rings. The van der Waals surface area contributed by atoms with Gasteiger partial charge in [0.15, 0.2) is 0 Å². The number of piperidine rings is 1. The second kappa shape index (κ2) is 13.4. The fourth-order valence-corrected chi connectivity index (χ4v) is 5.86. The first-order chi connectivity index (χ1) is 19.6. The first-order valence-electron chi connectivity index (χ1n) is 14.5. The Morgan fingerprint density at radius 1 is 0.950 bits per heavy atom. The van der Waals surface area contributed by atoms with Gasteiger partial charge in [-0.15, -0.1) is 0 Å². The van der Waals surface area contributed by atoms with Gasteiger partial charge >= 0.3 is 0 Å². The van der Waals surface area contributed by atoms with Crippen LogP contribution in [0.1, 0.15) is 42.4 Å². The molecule has 1 saturated heterocycles. The van der Waals surface area contributed by atoms with Crippen molar-refractivity contribution in [3.05, 3.63) is 108 Å². The Balaban J connectivity index is 1.14. The molecule has 0 aliphatic carbocycles. The van der Waals surface area contributed by atoms with Crippen LogP contribution < -0.4 is 10.6 Å². The van der Waals surface area contributed by atoms with Crippen molar-refractivity contribution in [3.8, 4) is 0 Å². The Labute approximate surface area is 237 Å². The summed E-state index contributed by atoms with van der Waals surface area (Å²) in [6, 6.07) is 28.7. The number of para-hydroxylation sites is 1. The minimum atomic E-state index is -0.242. The van der Waals surface area contributed by atoms with Crippen LogP contribution in [0.25, 0.3) is 10.9 Å². The van der Waals surface area contributed by atoms with E-state index in [1.807, 2.05) is 66.9 Å². The maximum absolute atomic E-state index is 13.5. The number of carbonyl (C=O) groups is 2. The van der Waals surface area contributed by atoms with Crippen molar-refractivity contribution in [1.29, 1.82) is 0 Å². The maximum Gasteiger partial charge on any atom is 0.228 e. The molecule has 2 heterocycles. The molecule has 0 radical (unpaired) electrons. The molecule has 3 N–H and O–H groups in total. The van der Waals surface area contributed by atoms with E-state index in [1.54, 1.807) is 0 Å². The second-order valence-corrected chi connectivity index (χ2v) is 11.0. The first kappa shape index (κ1) is 27.7. The first-order valence-corrected chi connectivity index (χ1v) is 14.5. The number of nitrogens with zero attached hydrogens (tertiary/aromatic N) is 1. The number of H-pyrrole nitrogens is 1. The number of aromatic amines is 1. The second-order valence-electron chi connectivity index (χ2n) is 11.0. The van der Waals surface area contributed by atoms with Gasteiger partial charge in [0, 0.05) is 55.7 Å². The largest absolute Gasteiger partial charge is 0.361 e. The number of rotatable bonds is 11. The van der Waals surface area contributed by atoms with E-state index in [4.69, 9.17) is 0 Å². The molecule has 3 aromatic carbocycles. The molecule has 0 bridgehead atoms. The SMILES string of the molecule is C[C@@H]1CN(CC(C(=O)NCCc2c[nH]c3ccccc23)c2ccccc2)CC[C@@H]1NC(=O)CCc1ccccc1. The molecule has 6 nitrogen and oxygen atoms in total. The molecule has 0 saturated carbocycles. The lowest BCUT2D eigenvalue weighted by Gasteiger charge is -2.38. The molecule has 1 aliphatic heterocycles. The van der Waals surface area contributed by atoms with Crippen LogP contribution in [0.15, 0.2) is 91.1 Å². The highest BCUT2D eigenvalue weighted by Gasteiger charge is 2.30. The summed E-state index contributed by atoms with van der Waals surface area (Å²) in [4.78, 5) is 31.8. The fraction of sp³-hybridized carbons (Fsp3) is 0.353. The van der Waals surface area contributed by atoms with Crippen LogP contribution in [0.2, 0.25) is 0 Å². The third-order valence-electron chi connectivity index (χ3n) is 8.15. The molecule has 40 heavy (non-hydrogen) atoms. The molecule has 1 unspecified atom stereocenters. The molecule has 1 aromatic heterocycles. The smallest absolute Gasteiger partial charge is 0.228 e. The number of aryl methyl sites for hydroxylation is 1. The monoisotopic (exact) mass is 536 g/mol. The molecule has 3 atom stereocenters. The number of likely N-dealkylation sites (tertiary alicyclic amines) is 1. The predicted molar refractivity (Wildman–Crippen MR) is 161 cm³/mol. The van der Waals surface area contributed by atoms with Gasteiger partial charge in [0.25, 0.3) is 0 Å². The van der Waals surface area contributed by atoms with E-state index in [1.165, 1.54) is 16.5 Å². The van der Waals surface area contributed by atoms with Crippen LogP contribution >= 0.6 is 0 Å². The van der Waals surface area contributed by atoms with Gasteiger partial charge in [-0.2, -0.15) is 0 Å². The lowest BCUT2D eigenvalue weighted by Crippen LogP contribution is -2.51.